The van der Waals surface area contributed by atoms with Crippen LogP contribution in [0.2, 0.25) is 0 Å². The summed E-state index contributed by atoms with van der Waals surface area (Å²) in [6, 6.07) is 7.42. The molecule has 0 saturated carbocycles. The average Bonchev–Trinajstić information content (AvgIpc) is 2.49. The molecule has 0 aliphatic carbocycles. The Balaban J connectivity index is 2.12. The van der Waals surface area contributed by atoms with E-state index >= 15 is 0 Å². The molecular formula is C16H16F3N3O. The summed E-state index contributed by atoms with van der Waals surface area (Å²) in [4.78, 5) is 17.9. The van der Waals surface area contributed by atoms with Crippen LogP contribution in [0.4, 0.5) is 29.3 Å². The monoisotopic (exact) mass is 323 g/mol. The molecule has 2 aromatic rings. The van der Waals surface area contributed by atoms with Crippen LogP contribution in [0.15, 0.2) is 42.6 Å². The van der Waals surface area contributed by atoms with E-state index in [0.717, 1.165) is 17.8 Å². The number of pyridine rings is 1. The third-order valence-corrected chi connectivity index (χ3v) is 3.23. The van der Waals surface area contributed by atoms with Crippen LogP contribution >= 0.6 is 0 Å². The molecule has 0 aliphatic rings. The molecule has 1 aromatic heterocycles. The SMILES string of the molecule is CCN(C(=O)Nc1ccc(C(F)(F)F)cc1)c1ccc(C)nc1. The maximum atomic E-state index is 12.5. The van der Waals surface area contributed by atoms with Crippen LogP contribution in [0.1, 0.15) is 18.2 Å². The molecule has 0 bridgehead atoms. The number of aromatic nitrogens is 1. The number of hydrogen-bond acceptors (Lipinski definition) is 2. The molecule has 0 radical (unpaired) electrons. The lowest BCUT2D eigenvalue weighted by Gasteiger charge is -2.21. The highest BCUT2D eigenvalue weighted by molar-refractivity contribution is 6.01. The van der Waals surface area contributed by atoms with Crippen molar-refractivity contribution in [3.05, 3.63) is 53.9 Å². The number of carbonyl (C=O) groups excluding carboxylic acids is 1. The Kier molecular flexibility index (Phi) is 4.88. The number of nitrogens with zero attached hydrogens (tertiary/aromatic N) is 2. The lowest BCUT2D eigenvalue weighted by Crippen LogP contribution is -2.34. The Morgan fingerprint density at radius 3 is 2.30 bits per heavy atom. The van der Waals surface area contributed by atoms with Gasteiger partial charge in [-0.05, 0) is 50.2 Å². The molecule has 1 heterocycles. The summed E-state index contributed by atoms with van der Waals surface area (Å²) in [7, 11) is 0. The molecule has 0 spiro atoms. The highest BCUT2D eigenvalue weighted by atomic mass is 19.4. The summed E-state index contributed by atoms with van der Waals surface area (Å²) in [6.07, 6.45) is -2.82. The normalized spacial score (nSPS) is 11.2. The smallest absolute Gasteiger partial charge is 0.308 e. The molecule has 0 fully saturated rings. The molecule has 122 valence electrons. The van der Waals surface area contributed by atoms with Crippen LogP contribution in [0.25, 0.3) is 0 Å². The summed E-state index contributed by atoms with van der Waals surface area (Å²) in [5.41, 5.74) is 0.975. The minimum absolute atomic E-state index is 0.293. The van der Waals surface area contributed by atoms with Crippen molar-refractivity contribution in [1.29, 1.82) is 0 Å². The summed E-state index contributed by atoms with van der Waals surface area (Å²) in [5, 5.41) is 2.58. The molecule has 2 amide bonds. The zero-order chi connectivity index (χ0) is 17.0. The fourth-order valence-electron chi connectivity index (χ4n) is 2.00. The van der Waals surface area contributed by atoms with Crippen molar-refractivity contribution < 1.29 is 18.0 Å². The van der Waals surface area contributed by atoms with Crippen LogP contribution in [-0.4, -0.2) is 17.6 Å². The van der Waals surface area contributed by atoms with Crippen molar-refractivity contribution in [2.75, 3.05) is 16.8 Å². The van der Waals surface area contributed by atoms with E-state index in [-0.39, 0.29) is 0 Å². The van der Waals surface area contributed by atoms with Gasteiger partial charge in [0.25, 0.3) is 0 Å². The van der Waals surface area contributed by atoms with Crippen molar-refractivity contribution in [2.45, 2.75) is 20.0 Å². The zero-order valence-corrected chi connectivity index (χ0v) is 12.7. The fraction of sp³-hybridized carbons (Fsp3) is 0.250. The van der Waals surface area contributed by atoms with Gasteiger partial charge >= 0.3 is 12.2 Å². The molecule has 23 heavy (non-hydrogen) atoms. The first-order valence-corrected chi connectivity index (χ1v) is 6.99. The topological polar surface area (TPSA) is 45.2 Å². The minimum Gasteiger partial charge on any atom is -0.308 e. The van der Waals surface area contributed by atoms with Crippen molar-refractivity contribution in [2.24, 2.45) is 0 Å². The fourth-order valence-corrected chi connectivity index (χ4v) is 2.00. The molecule has 1 N–H and O–H groups in total. The number of alkyl halides is 3. The number of rotatable bonds is 3. The van der Waals surface area contributed by atoms with Gasteiger partial charge in [-0.1, -0.05) is 0 Å². The summed E-state index contributed by atoms with van der Waals surface area (Å²) >= 11 is 0. The highest BCUT2D eigenvalue weighted by Crippen LogP contribution is 2.29. The van der Waals surface area contributed by atoms with Crippen molar-refractivity contribution in [3.8, 4) is 0 Å². The maximum Gasteiger partial charge on any atom is 0.416 e. The molecule has 7 heteroatoms. The van der Waals surface area contributed by atoms with Gasteiger partial charge in [-0.15, -0.1) is 0 Å². The third-order valence-electron chi connectivity index (χ3n) is 3.23. The first-order valence-electron chi connectivity index (χ1n) is 6.99. The number of anilines is 2. The predicted octanol–water partition coefficient (Wildman–Crippen LogP) is 4.47. The lowest BCUT2D eigenvalue weighted by atomic mass is 10.2. The van der Waals surface area contributed by atoms with Crippen molar-refractivity contribution in [1.82, 2.24) is 4.98 Å². The van der Waals surface area contributed by atoms with E-state index in [1.165, 1.54) is 17.0 Å². The number of aryl methyl sites for hydroxylation is 1. The molecule has 4 nitrogen and oxygen atoms in total. The van der Waals surface area contributed by atoms with E-state index in [1.54, 1.807) is 25.3 Å². The van der Waals surface area contributed by atoms with Crippen molar-refractivity contribution in [3.63, 3.8) is 0 Å². The van der Waals surface area contributed by atoms with E-state index in [0.29, 0.717) is 17.9 Å². The molecule has 1 aromatic carbocycles. The van der Waals surface area contributed by atoms with Gasteiger partial charge in [-0.3, -0.25) is 9.88 Å². The van der Waals surface area contributed by atoms with Crippen LogP contribution < -0.4 is 10.2 Å². The van der Waals surface area contributed by atoms with Gasteiger partial charge in [0.2, 0.25) is 0 Å². The second-order valence-corrected chi connectivity index (χ2v) is 4.91. The first-order chi connectivity index (χ1) is 10.8. The van der Waals surface area contributed by atoms with Crippen LogP contribution in [0, 0.1) is 6.92 Å². The number of halogens is 3. The maximum absolute atomic E-state index is 12.5. The van der Waals surface area contributed by atoms with Crippen LogP contribution in [0.5, 0.6) is 0 Å². The van der Waals surface area contributed by atoms with Crippen molar-refractivity contribution >= 4 is 17.4 Å². The molecule has 0 unspecified atom stereocenters. The van der Waals surface area contributed by atoms with E-state index in [1.807, 2.05) is 6.92 Å². The highest BCUT2D eigenvalue weighted by Gasteiger charge is 2.30. The summed E-state index contributed by atoms with van der Waals surface area (Å²) in [5.74, 6) is 0. The molecule has 2 rings (SSSR count). The van der Waals surface area contributed by atoms with Gasteiger partial charge in [0.15, 0.2) is 0 Å². The van der Waals surface area contributed by atoms with Gasteiger partial charge in [-0.25, -0.2) is 4.79 Å². The Bertz CT molecular complexity index is 666. The molecular weight excluding hydrogens is 307 g/mol. The zero-order valence-electron chi connectivity index (χ0n) is 12.7. The summed E-state index contributed by atoms with van der Waals surface area (Å²) in [6.45, 7) is 4.03. The lowest BCUT2D eigenvalue weighted by molar-refractivity contribution is -0.137. The number of hydrogen-bond donors (Lipinski definition) is 1. The van der Waals surface area contributed by atoms with E-state index in [2.05, 4.69) is 10.3 Å². The van der Waals surface area contributed by atoms with Crippen LogP contribution in [-0.2, 0) is 6.18 Å². The Morgan fingerprint density at radius 1 is 1.17 bits per heavy atom. The predicted molar refractivity (Wildman–Crippen MR) is 82.5 cm³/mol. The Morgan fingerprint density at radius 2 is 1.83 bits per heavy atom. The minimum atomic E-state index is -4.40. The van der Waals surface area contributed by atoms with Gasteiger partial charge < -0.3 is 5.32 Å². The number of benzene rings is 1. The molecule has 0 aliphatic heterocycles. The Labute approximate surface area is 132 Å². The van der Waals surface area contributed by atoms with Gasteiger partial charge in [0.1, 0.15) is 0 Å². The number of amides is 2. The Hall–Kier alpha value is -2.57. The number of nitrogens with one attached hydrogen (secondary N) is 1. The van der Waals surface area contributed by atoms with Gasteiger partial charge in [0.05, 0.1) is 17.4 Å². The van der Waals surface area contributed by atoms with Gasteiger partial charge in [-0.2, -0.15) is 13.2 Å². The largest absolute Gasteiger partial charge is 0.416 e. The second kappa shape index (κ2) is 6.68. The second-order valence-electron chi connectivity index (χ2n) is 4.91. The van der Waals surface area contributed by atoms with E-state index < -0.39 is 17.8 Å². The molecule has 0 saturated heterocycles. The summed E-state index contributed by atoms with van der Waals surface area (Å²) < 4.78 is 37.5. The number of urea groups is 1. The number of carbonyl (C=O) groups is 1. The van der Waals surface area contributed by atoms with Gasteiger partial charge in [0, 0.05) is 17.9 Å². The van der Waals surface area contributed by atoms with E-state index in [4.69, 9.17) is 0 Å². The van der Waals surface area contributed by atoms with Crippen LogP contribution in [0.3, 0.4) is 0 Å². The molecule has 0 atom stereocenters. The third kappa shape index (κ3) is 4.21. The first kappa shape index (κ1) is 16.8. The standard InChI is InChI=1S/C16H16F3N3O/c1-3-22(14-9-4-11(2)20-10-14)15(23)21-13-7-5-12(6-8-13)16(17,18)19/h4-10H,3H2,1-2H3,(H,21,23). The van der Waals surface area contributed by atoms with E-state index in [9.17, 15) is 18.0 Å². The average molecular weight is 323 g/mol. The quantitative estimate of drug-likeness (QED) is 0.906.